The molecule has 4 nitrogen and oxygen atoms in total. The van der Waals surface area contributed by atoms with Crippen LogP contribution in [0.4, 0.5) is 5.69 Å². The summed E-state index contributed by atoms with van der Waals surface area (Å²) in [6.45, 7) is 4.04. The molecule has 0 radical (unpaired) electrons. The molecule has 0 amide bonds. The molecular formula is C14H15N3O. The lowest BCUT2D eigenvalue weighted by Gasteiger charge is -2.11. The Bertz CT molecular complexity index is 696. The third-order valence-corrected chi connectivity index (χ3v) is 3.19. The van der Waals surface area contributed by atoms with Gasteiger partial charge in [0.1, 0.15) is 11.5 Å². The average molecular weight is 241 g/mol. The number of benzene rings is 1. The summed E-state index contributed by atoms with van der Waals surface area (Å²) >= 11 is 0. The zero-order valence-electron chi connectivity index (χ0n) is 10.4. The number of anilines is 1. The first-order chi connectivity index (χ1) is 8.65. The monoisotopic (exact) mass is 241 g/mol. The van der Waals surface area contributed by atoms with Crippen LogP contribution in [0.25, 0.3) is 11.0 Å². The number of imidazole rings is 1. The Morgan fingerprint density at radius 2 is 2.11 bits per heavy atom. The summed E-state index contributed by atoms with van der Waals surface area (Å²) in [5, 5.41) is 0. The van der Waals surface area contributed by atoms with Crippen LogP contribution in [0, 0.1) is 6.92 Å². The third kappa shape index (κ3) is 1.66. The van der Waals surface area contributed by atoms with Gasteiger partial charge in [-0.2, -0.15) is 0 Å². The van der Waals surface area contributed by atoms with E-state index in [4.69, 9.17) is 10.2 Å². The van der Waals surface area contributed by atoms with E-state index in [0.29, 0.717) is 0 Å². The van der Waals surface area contributed by atoms with Gasteiger partial charge in [-0.1, -0.05) is 0 Å². The van der Waals surface area contributed by atoms with Crippen LogP contribution in [0.2, 0.25) is 0 Å². The lowest BCUT2D eigenvalue weighted by atomic mass is 10.2. The van der Waals surface area contributed by atoms with Crippen molar-refractivity contribution in [2.24, 2.45) is 0 Å². The topological polar surface area (TPSA) is 57.0 Å². The van der Waals surface area contributed by atoms with E-state index in [9.17, 15) is 0 Å². The molecule has 92 valence electrons. The largest absolute Gasteiger partial charge is 0.464 e. The lowest BCUT2D eigenvalue weighted by Crippen LogP contribution is -2.04. The second-order valence-corrected chi connectivity index (χ2v) is 4.52. The summed E-state index contributed by atoms with van der Waals surface area (Å²) in [6.07, 6.45) is 1.83. The van der Waals surface area contributed by atoms with Crippen LogP contribution in [0.3, 0.4) is 0 Å². The van der Waals surface area contributed by atoms with E-state index < -0.39 is 0 Å². The van der Waals surface area contributed by atoms with Gasteiger partial charge < -0.3 is 14.7 Å². The van der Waals surface area contributed by atoms with Crippen molar-refractivity contribution in [3.63, 3.8) is 0 Å². The molecule has 0 aliphatic rings. The van der Waals surface area contributed by atoms with E-state index in [1.54, 1.807) is 0 Å². The highest BCUT2D eigenvalue weighted by atomic mass is 16.3. The number of aryl methyl sites for hydroxylation is 1. The van der Waals surface area contributed by atoms with Crippen LogP contribution in [0.5, 0.6) is 0 Å². The summed E-state index contributed by atoms with van der Waals surface area (Å²) in [5.41, 5.74) is 8.46. The molecule has 0 saturated carbocycles. The molecule has 3 aromatic rings. The minimum Gasteiger partial charge on any atom is -0.464 e. The van der Waals surface area contributed by atoms with Crippen LogP contribution < -0.4 is 5.73 Å². The van der Waals surface area contributed by atoms with E-state index in [1.807, 2.05) is 43.6 Å². The van der Waals surface area contributed by atoms with E-state index in [-0.39, 0.29) is 6.04 Å². The first-order valence-corrected chi connectivity index (χ1v) is 5.93. The number of furan rings is 1. The molecule has 3 rings (SSSR count). The van der Waals surface area contributed by atoms with Gasteiger partial charge in [0.15, 0.2) is 0 Å². The van der Waals surface area contributed by atoms with Crippen LogP contribution in [-0.2, 0) is 0 Å². The number of nitrogens with zero attached hydrogens (tertiary/aromatic N) is 2. The van der Waals surface area contributed by atoms with Crippen molar-refractivity contribution in [1.29, 1.82) is 0 Å². The number of hydrogen-bond acceptors (Lipinski definition) is 3. The second kappa shape index (κ2) is 3.91. The number of nitrogens with two attached hydrogens (primary N) is 1. The lowest BCUT2D eigenvalue weighted by molar-refractivity contribution is 0.433. The Kier molecular flexibility index (Phi) is 2.37. The molecule has 0 saturated heterocycles. The van der Waals surface area contributed by atoms with Crippen molar-refractivity contribution in [2.45, 2.75) is 19.9 Å². The molecule has 2 heterocycles. The average Bonchev–Trinajstić information content (AvgIpc) is 2.94. The quantitative estimate of drug-likeness (QED) is 0.701. The normalized spacial score (nSPS) is 13.0. The number of aromatic nitrogens is 2. The Hall–Kier alpha value is -2.23. The fourth-order valence-corrected chi connectivity index (χ4v) is 2.17. The molecule has 2 aromatic heterocycles. The van der Waals surface area contributed by atoms with E-state index >= 15 is 0 Å². The molecule has 0 bridgehead atoms. The maximum Gasteiger partial charge on any atom is 0.126 e. The predicted molar refractivity (Wildman–Crippen MR) is 71.4 cm³/mol. The van der Waals surface area contributed by atoms with Crippen molar-refractivity contribution in [1.82, 2.24) is 9.55 Å². The number of rotatable bonds is 2. The number of hydrogen-bond donors (Lipinski definition) is 1. The molecule has 1 atom stereocenters. The number of fused-ring (bicyclic) bond motifs is 1. The van der Waals surface area contributed by atoms with Crippen LogP contribution >= 0.6 is 0 Å². The summed E-state index contributed by atoms with van der Waals surface area (Å²) in [5.74, 6) is 1.86. The predicted octanol–water partition coefficient (Wildman–Crippen LogP) is 3.13. The van der Waals surface area contributed by atoms with E-state index in [2.05, 4.69) is 16.5 Å². The highest BCUT2D eigenvalue weighted by molar-refractivity contribution is 5.79. The molecule has 0 spiro atoms. The van der Waals surface area contributed by atoms with Crippen LogP contribution in [-0.4, -0.2) is 9.55 Å². The second-order valence-electron chi connectivity index (χ2n) is 4.52. The summed E-state index contributed by atoms with van der Waals surface area (Å²) in [6, 6.07) is 9.86. The Balaban J connectivity index is 2.09. The van der Waals surface area contributed by atoms with E-state index in [0.717, 1.165) is 28.2 Å². The standard InChI is InChI=1S/C14H15N3O/c1-9-3-6-14(18-9)10(2)17-8-16-12-7-11(15)4-5-13(12)17/h3-8,10H,15H2,1-2H3. The molecule has 1 aromatic carbocycles. The Morgan fingerprint density at radius 3 is 2.83 bits per heavy atom. The van der Waals surface area contributed by atoms with E-state index in [1.165, 1.54) is 0 Å². The van der Waals surface area contributed by atoms with Crippen LogP contribution in [0.15, 0.2) is 41.1 Å². The molecule has 2 N–H and O–H groups in total. The van der Waals surface area contributed by atoms with Crippen molar-refractivity contribution >= 4 is 16.7 Å². The zero-order valence-corrected chi connectivity index (χ0v) is 10.4. The van der Waals surface area contributed by atoms with Crippen LogP contribution in [0.1, 0.15) is 24.5 Å². The van der Waals surface area contributed by atoms with Crippen molar-refractivity contribution in [2.75, 3.05) is 5.73 Å². The maximum absolute atomic E-state index is 5.76. The SMILES string of the molecule is Cc1ccc(C(C)n2cnc3cc(N)ccc32)o1. The highest BCUT2D eigenvalue weighted by Gasteiger charge is 2.14. The fraction of sp³-hybridized carbons (Fsp3) is 0.214. The van der Waals surface area contributed by atoms with Gasteiger partial charge in [-0.05, 0) is 44.2 Å². The molecule has 0 aliphatic carbocycles. The fourth-order valence-electron chi connectivity index (χ4n) is 2.17. The van der Waals surface area contributed by atoms with Gasteiger partial charge in [0.25, 0.3) is 0 Å². The van der Waals surface area contributed by atoms with Crippen molar-refractivity contribution in [3.05, 3.63) is 48.2 Å². The maximum atomic E-state index is 5.76. The summed E-state index contributed by atoms with van der Waals surface area (Å²) in [4.78, 5) is 4.37. The van der Waals surface area contributed by atoms with Crippen molar-refractivity contribution in [3.8, 4) is 0 Å². The van der Waals surface area contributed by atoms with Gasteiger partial charge in [-0.15, -0.1) is 0 Å². The van der Waals surface area contributed by atoms with Gasteiger partial charge >= 0.3 is 0 Å². The molecule has 4 heteroatoms. The van der Waals surface area contributed by atoms with Gasteiger partial charge in [0, 0.05) is 5.69 Å². The summed E-state index contributed by atoms with van der Waals surface area (Å²) in [7, 11) is 0. The number of nitrogen functional groups attached to an aromatic ring is 1. The zero-order chi connectivity index (χ0) is 12.7. The first kappa shape index (κ1) is 10.9. The van der Waals surface area contributed by atoms with Gasteiger partial charge in [0.2, 0.25) is 0 Å². The minimum absolute atomic E-state index is 0.118. The minimum atomic E-state index is 0.118. The summed E-state index contributed by atoms with van der Waals surface area (Å²) < 4.78 is 7.76. The van der Waals surface area contributed by atoms with Gasteiger partial charge in [0.05, 0.1) is 23.4 Å². The Morgan fingerprint density at radius 1 is 1.28 bits per heavy atom. The molecule has 0 fully saturated rings. The Labute approximate surface area is 105 Å². The third-order valence-electron chi connectivity index (χ3n) is 3.19. The first-order valence-electron chi connectivity index (χ1n) is 5.93. The molecule has 0 aliphatic heterocycles. The van der Waals surface area contributed by atoms with Gasteiger partial charge in [-0.3, -0.25) is 0 Å². The highest BCUT2D eigenvalue weighted by Crippen LogP contribution is 2.25. The molecule has 1 unspecified atom stereocenters. The van der Waals surface area contributed by atoms with Gasteiger partial charge in [-0.25, -0.2) is 4.98 Å². The smallest absolute Gasteiger partial charge is 0.126 e. The molecular weight excluding hydrogens is 226 g/mol. The molecule has 18 heavy (non-hydrogen) atoms. The van der Waals surface area contributed by atoms with Crippen molar-refractivity contribution < 1.29 is 4.42 Å².